The van der Waals surface area contributed by atoms with Crippen molar-refractivity contribution in [1.82, 2.24) is 0 Å². The molecule has 0 unspecified atom stereocenters. The molecule has 0 saturated heterocycles. The number of benzene rings is 3. The Labute approximate surface area is 142 Å². The molecule has 2 nitrogen and oxygen atoms in total. The van der Waals surface area contributed by atoms with Gasteiger partial charge in [0.15, 0.2) is 0 Å². The average molecular weight is 314 g/mol. The van der Waals surface area contributed by atoms with Crippen molar-refractivity contribution >= 4 is 6.08 Å². The molecule has 2 heteroatoms. The lowest BCUT2D eigenvalue weighted by Gasteiger charge is -2.39. The van der Waals surface area contributed by atoms with Gasteiger partial charge >= 0.3 is 0 Å². The first kappa shape index (κ1) is 14.7. The van der Waals surface area contributed by atoms with Gasteiger partial charge in [-0.05, 0) is 11.6 Å². The van der Waals surface area contributed by atoms with Crippen molar-refractivity contribution in [3.63, 3.8) is 0 Å². The Bertz CT molecular complexity index is 814. The lowest BCUT2D eigenvalue weighted by molar-refractivity contribution is -0.184. The molecule has 0 amide bonds. The minimum Gasteiger partial charge on any atom is -0.453 e. The molecule has 1 heterocycles. The van der Waals surface area contributed by atoms with Gasteiger partial charge in [0.25, 0.3) is 5.79 Å². The molecule has 1 aliphatic heterocycles. The molecule has 118 valence electrons. The Morgan fingerprint density at radius 1 is 0.833 bits per heavy atom. The van der Waals surface area contributed by atoms with Crippen molar-refractivity contribution in [2.75, 3.05) is 0 Å². The van der Waals surface area contributed by atoms with Gasteiger partial charge in [0.05, 0.1) is 6.61 Å². The number of rotatable bonds is 3. The molecule has 3 aromatic carbocycles. The summed E-state index contributed by atoms with van der Waals surface area (Å²) in [5.41, 5.74) is 4.03. The van der Waals surface area contributed by atoms with Crippen LogP contribution in [0.5, 0.6) is 5.75 Å². The van der Waals surface area contributed by atoms with Crippen LogP contribution in [0.4, 0.5) is 0 Å². The normalized spacial score (nSPS) is 15.2. The highest BCUT2D eigenvalue weighted by molar-refractivity contribution is 5.53. The van der Waals surface area contributed by atoms with Gasteiger partial charge in [-0.25, -0.2) is 0 Å². The van der Waals surface area contributed by atoms with Crippen molar-refractivity contribution in [2.24, 2.45) is 0 Å². The van der Waals surface area contributed by atoms with E-state index < -0.39 is 5.79 Å². The van der Waals surface area contributed by atoms with Gasteiger partial charge in [0, 0.05) is 16.7 Å². The lowest BCUT2D eigenvalue weighted by Crippen LogP contribution is -2.40. The summed E-state index contributed by atoms with van der Waals surface area (Å²) in [6.45, 7) is 4.34. The van der Waals surface area contributed by atoms with Crippen LogP contribution in [0.15, 0.2) is 85.4 Å². The quantitative estimate of drug-likeness (QED) is 0.666. The van der Waals surface area contributed by atoms with Crippen molar-refractivity contribution in [3.8, 4) is 5.75 Å². The van der Waals surface area contributed by atoms with Crippen LogP contribution in [0.1, 0.15) is 22.3 Å². The predicted octanol–water partition coefficient (Wildman–Crippen LogP) is 5.14. The second-order valence-corrected chi connectivity index (χ2v) is 5.81. The van der Waals surface area contributed by atoms with Gasteiger partial charge in [-0.3, -0.25) is 0 Å². The standard InChI is InChI=1S/C22H18O2/c1-2-17-13-14-18-16-23-22(24-21(18)15-17,19-9-5-3-6-10-19)20-11-7-4-8-12-20/h2-15H,1,16H2. The first-order valence-corrected chi connectivity index (χ1v) is 8.01. The van der Waals surface area contributed by atoms with Gasteiger partial charge in [0.1, 0.15) is 5.75 Å². The van der Waals surface area contributed by atoms with Crippen LogP contribution in [0, 0.1) is 0 Å². The van der Waals surface area contributed by atoms with Gasteiger partial charge in [-0.2, -0.15) is 0 Å². The molecular weight excluding hydrogens is 296 g/mol. The summed E-state index contributed by atoms with van der Waals surface area (Å²) in [6.07, 6.45) is 1.83. The largest absolute Gasteiger partial charge is 0.453 e. The van der Waals surface area contributed by atoms with E-state index in [1.807, 2.05) is 84.9 Å². The molecule has 4 rings (SSSR count). The van der Waals surface area contributed by atoms with Crippen LogP contribution < -0.4 is 4.74 Å². The average Bonchev–Trinajstić information content (AvgIpc) is 2.68. The zero-order chi connectivity index (χ0) is 16.4. The molecule has 0 spiro atoms. The molecule has 0 fully saturated rings. The summed E-state index contributed by atoms with van der Waals surface area (Å²) in [5, 5.41) is 0. The Kier molecular flexibility index (Phi) is 3.68. The van der Waals surface area contributed by atoms with Crippen LogP contribution in [0.2, 0.25) is 0 Å². The maximum atomic E-state index is 6.46. The van der Waals surface area contributed by atoms with Crippen molar-refractivity contribution in [1.29, 1.82) is 0 Å². The van der Waals surface area contributed by atoms with Crippen LogP contribution in [-0.4, -0.2) is 0 Å². The molecule has 0 atom stereocenters. The molecule has 0 saturated carbocycles. The highest BCUT2D eigenvalue weighted by Crippen LogP contribution is 2.42. The topological polar surface area (TPSA) is 18.5 Å². The minimum atomic E-state index is -0.935. The predicted molar refractivity (Wildman–Crippen MR) is 95.6 cm³/mol. The third-order valence-corrected chi connectivity index (χ3v) is 4.32. The van der Waals surface area contributed by atoms with E-state index in [0.29, 0.717) is 6.61 Å². The maximum absolute atomic E-state index is 6.46. The molecule has 0 aromatic heterocycles. The second kappa shape index (κ2) is 5.99. The highest BCUT2D eigenvalue weighted by Gasteiger charge is 2.41. The second-order valence-electron chi connectivity index (χ2n) is 5.81. The molecule has 24 heavy (non-hydrogen) atoms. The third-order valence-electron chi connectivity index (χ3n) is 4.32. The summed E-state index contributed by atoms with van der Waals surface area (Å²) in [5.74, 6) is -0.0960. The fraction of sp³-hybridized carbons (Fsp3) is 0.0909. The van der Waals surface area contributed by atoms with Gasteiger partial charge < -0.3 is 9.47 Å². The van der Waals surface area contributed by atoms with Crippen LogP contribution in [-0.2, 0) is 17.1 Å². The SMILES string of the molecule is C=Cc1ccc2c(c1)OC(c1ccccc1)(c1ccccc1)OC2. The zero-order valence-corrected chi connectivity index (χ0v) is 13.3. The molecule has 0 bridgehead atoms. The summed E-state index contributed by atoms with van der Waals surface area (Å²) in [4.78, 5) is 0. The van der Waals surface area contributed by atoms with E-state index in [-0.39, 0.29) is 0 Å². The van der Waals surface area contributed by atoms with E-state index in [2.05, 4.69) is 6.58 Å². The van der Waals surface area contributed by atoms with E-state index >= 15 is 0 Å². The molecular formula is C22H18O2. The number of ether oxygens (including phenoxy) is 2. The number of hydrogen-bond donors (Lipinski definition) is 0. The number of fused-ring (bicyclic) bond motifs is 1. The first-order chi connectivity index (χ1) is 11.8. The Hall–Kier alpha value is -2.84. The Morgan fingerprint density at radius 2 is 1.46 bits per heavy atom. The smallest absolute Gasteiger partial charge is 0.264 e. The van der Waals surface area contributed by atoms with Gasteiger partial charge in [0.2, 0.25) is 0 Å². The third kappa shape index (κ3) is 2.41. The molecule has 0 N–H and O–H groups in total. The monoisotopic (exact) mass is 314 g/mol. The van der Waals surface area contributed by atoms with E-state index in [9.17, 15) is 0 Å². The van der Waals surface area contributed by atoms with Crippen molar-refractivity contribution in [2.45, 2.75) is 12.4 Å². The van der Waals surface area contributed by atoms with Crippen LogP contribution in [0.25, 0.3) is 6.08 Å². The summed E-state index contributed by atoms with van der Waals surface area (Å²) in [7, 11) is 0. The first-order valence-electron chi connectivity index (χ1n) is 8.01. The molecule has 0 aliphatic carbocycles. The minimum absolute atomic E-state index is 0.497. The van der Waals surface area contributed by atoms with Crippen molar-refractivity contribution in [3.05, 3.63) is 108 Å². The van der Waals surface area contributed by atoms with Crippen LogP contribution in [0.3, 0.4) is 0 Å². The summed E-state index contributed by atoms with van der Waals surface area (Å²) < 4.78 is 12.8. The lowest BCUT2D eigenvalue weighted by atomic mass is 9.95. The fourth-order valence-corrected chi connectivity index (χ4v) is 3.04. The Balaban J connectivity index is 1.88. The zero-order valence-electron chi connectivity index (χ0n) is 13.3. The van der Waals surface area contributed by atoms with Crippen LogP contribution >= 0.6 is 0 Å². The maximum Gasteiger partial charge on any atom is 0.264 e. The van der Waals surface area contributed by atoms with E-state index in [0.717, 1.165) is 28.0 Å². The summed E-state index contributed by atoms with van der Waals surface area (Å²) in [6, 6.07) is 26.2. The fourth-order valence-electron chi connectivity index (χ4n) is 3.04. The highest BCUT2D eigenvalue weighted by atomic mass is 16.7. The molecule has 3 aromatic rings. The number of hydrogen-bond acceptors (Lipinski definition) is 2. The molecule has 1 aliphatic rings. The van der Waals surface area contributed by atoms with E-state index in [4.69, 9.17) is 9.47 Å². The van der Waals surface area contributed by atoms with E-state index in [1.54, 1.807) is 0 Å². The van der Waals surface area contributed by atoms with Gasteiger partial charge in [-0.15, -0.1) is 0 Å². The van der Waals surface area contributed by atoms with E-state index in [1.165, 1.54) is 0 Å². The summed E-state index contributed by atoms with van der Waals surface area (Å²) >= 11 is 0. The van der Waals surface area contributed by atoms with Crippen molar-refractivity contribution < 1.29 is 9.47 Å². The molecule has 0 radical (unpaired) electrons. The van der Waals surface area contributed by atoms with Gasteiger partial charge in [-0.1, -0.05) is 85.5 Å². The Morgan fingerprint density at radius 3 is 2.04 bits per heavy atom.